The van der Waals surface area contributed by atoms with Gasteiger partial charge in [-0.1, -0.05) is 12.1 Å². The van der Waals surface area contributed by atoms with E-state index in [-0.39, 0.29) is 31.0 Å². The molecule has 1 aliphatic rings. The average Bonchev–Trinajstić information content (AvgIpc) is 2.44. The molecule has 1 aliphatic heterocycles. The minimum Gasteiger partial charge on any atom is -0.396 e. The average molecular weight is 343 g/mol. The zero-order chi connectivity index (χ0) is 15.5. The van der Waals surface area contributed by atoms with Crippen LogP contribution in [0, 0.1) is 5.82 Å². The highest BCUT2D eigenvalue weighted by Crippen LogP contribution is 2.39. The highest BCUT2D eigenvalue weighted by Gasteiger charge is 2.39. The van der Waals surface area contributed by atoms with Crippen molar-refractivity contribution >= 4 is 12.4 Å². The lowest BCUT2D eigenvalue weighted by molar-refractivity contribution is -0.141. The summed E-state index contributed by atoms with van der Waals surface area (Å²) in [5, 5.41) is 12.3. The summed E-state index contributed by atoms with van der Waals surface area (Å²) in [6.07, 6.45) is -4.60. The van der Waals surface area contributed by atoms with Crippen LogP contribution in [0.1, 0.15) is 23.6 Å². The normalized spacial score (nSPS) is 17.9. The largest absolute Gasteiger partial charge is 0.419 e. The molecule has 1 aromatic carbocycles. The van der Waals surface area contributed by atoms with Gasteiger partial charge in [0.1, 0.15) is 5.82 Å². The first-order valence-corrected chi connectivity index (χ1v) is 6.86. The molecular weight excluding hydrogens is 324 g/mol. The molecule has 2 rings (SSSR count). The number of rotatable bonds is 4. The summed E-state index contributed by atoms with van der Waals surface area (Å²) in [5.74, 6) is -1.27. The van der Waals surface area contributed by atoms with Gasteiger partial charge in [-0.3, -0.25) is 4.90 Å². The van der Waals surface area contributed by atoms with Gasteiger partial charge in [0, 0.05) is 38.8 Å². The Morgan fingerprint density at radius 1 is 1.23 bits per heavy atom. The molecule has 0 aromatic heterocycles. The third-order valence-corrected chi connectivity index (χ3v) is 3.68. The Bertz CT molecular complexity index is 478. The van der Waals surface area contributed by atoms with Gasteiger partial charge in [0.05, 0.1) is 5.56 Å². The van der Waals surface area contributed by atoms with E-state index in [1.165, 1.54) is 12.1 Å². The maximum atomic E-state index is 13.7. The van der Waals surface area contributed by atoms with E-state index in [9.17, 15) is 22.7 Å². The Kier molecular flexibility index (Phi) is 7.05. The SMILES string of the molecule is Cl.OCC[C@H](c1cccc(F)c1C(F)(F)F)N1CCNCC1. The molecule has 0 radical (unpaired) electrons. The summed E-state index contributed by atoms with van der Waals surface area (Å²) < 4.78 is 53.1. The number of nitrogens with zero attached hydrogens (tertiary/aromatic N) is 1. The molecule has 1 aromatic rings. The summed E-state index contributed by atoms with van der Waals surface area (Å²) in [5.41, 5.74) is -1.32. The van der Waals surface area contributed by atoms with Gasteiger partial charge in [0.25, 0.3) is 0 Å². The predicted molar refractivity (Wildman–Crippen MR) is 77.5 cm³/mol. The van der Waals surface area contributed by atoms with Crippen molar-refractivity contribution in [1.82, 2.24) is 10.2 Å². The summed E-state index contributed by atoms with van der Waals surface area (Å²) in [6, 6.07) is 2.77. The molecule has 22 heavy (non-hydrogen) atoms. The number of aliphatic hydroxyl groups is 1. The Morgan fingerprint density at radius 2 is 1.86 bits per heavy atom. The lowest BCUT2D eigenvalue weighted by atomic mass is 9.95. The van der Waals surface area contributed by atoms with Gasteiger partial charge in [-0.05, 0) is 18.1 Å². The van der Waals surface area contributed by atoms with Crippen LogP contribution < -0.4 is 5.32 Å². The van der Waals surface area contributed by atoms with Crippen molar-refractivity contribution in [1.29, 1.82) is 0 Å². The molecule has 1 fully saturated rings. The Balaban J connectivity index is 0.00000242. The van der Waals surface area contributed by atoms with Crippen LogP contribution >= 0.6 is 12.4 Å². The number of aliphatic hydroxyl groups excluding tert-OH is 1. The molecule has 126 valence electrons. The van der Waals surface area contributed by atoms with Crippen LogP contribution in [0.25, 0.3) is 0 Å². The van der Waals surface area contributed by atoms with Gasteiger partial charge < -0.3 is 10.4 Å². The van der Waals surface area contributed by atoms with Crippen LogP contribution in [-0.4, -0.2) is 42.8 Å². The van der Waals surface area contributed by atoms with Crippen LogP contribution in [0.5, 0.6) is 0 Å². The van der Waals surface area contributed by atoms with E-state index in [1.807, 2.05) is 4.90 Å². The predicted octanol–water partition coefficient (Wildman–Crippen LogP) is 2.60. The second-order valence-electron chi connectivity index (χ2n) is 5.02. The van der Waals surface area contributed by atoms with Gasteiger partial charge in [-0.15, -0.1) is 12.4 Å². The van der Waals surface area contributed by atoms with Crippen molar-refractivity contribution in [2.45, 2.75) is 18.6 Å². The van der Waals surface area contributed by atoms with Crippen molar-refractivity contribution < 1.29 is 22.7 Å². The zero-order valence-electron chi connectivity index (χ0n) is 11.9. The van der Waals surface area contributed by atoms with Gasteiger partial charge in [-0.25, -0.2) is 4.39 Å². The van der Waals surface area contributed by atoms with Crippen LogP contribution in [0.3, 0.4) is 0 Å². The topological polar surface area (TPSA) is 35.5 Å². The summed E-state index contributed by atoms with van der Waals surface area (Å²) in [4.78, 5) is 1.86. The Morgan fingerprint density at radius 3 is 2.41 bits per heavy atom. The minimum atomic E-state index is -4.75. The lowest BCUT2D eigenvalue weighted by Gasteiger charge is -2.36. The Hall–Kier alpha value is -0.890. The second-order valence-corrected chi connectivity index (χ2v) is 5.02. The van der Waals surface area contributed by atoms with E-state index >= 15 is 0 Å². The van der Waals surface area contributed by atoms with Crippen molar-refractivity contribution in [3.8, 4) is 0 Å². The maximum Gasteiger partial charge on any atom is 0.419 e. The van der Waals surface area contributed by atoms with Gasteiger partial charge in [0.2, 0.25) is 0 Å². The van der Waals surface area contributed by atoms with Crippen LogP contribution in [0.15, 0.2) is 18.2 Å². The molecule has 1 heterocycles. The number of nitrogens with one attached hydrogen (secondary N) is 1. The van der Waals surface area contributed by atoms with Crippen LogP contribution in [0.4, 0.5) is 17.6 Å². The van der Waals surface area contributed by atoms with E-state index < -0.39 is 23.6 Å². The third-order valence-electron chi connectivity index (χ3n) is 3.68. The van der Waals surface area contributed by atoms with Gasteiger partial charge in [-0.2, -0.15) is 13.2 Å². The fourth-order valence-electron chi connectivity index (χ4n) is 2.77. The molecule has 3 nitrogen and oxygen atoms in total. The van der Waals surface area contributed by atoms with Crippen LogP contribution in [-0.2, 0) is 6.18 Å². The molecule has 2 N–H and O–H groups in total. The fourth-order valence-corrected chi connectivity index (χ4v) is 2.77. The van der Waals surface area contributed by atoms with Crippen molar-refractivity contribution in [3.63, 3.8) is 0 Å². The number of halogens is 5. The third kappa shape index (κ3) is 4.32. The first-order chi connectivity index (χ1) is 9.95. The fraction of sp³-hybridized carbons (Fsp3) is 0.571. The molecule has 0 spiro atoms. The molecule has 1 atom stereocenters. The number of benzene rings is 1. The van der Waals surface area contributed by atoms with Crippen molar-refractivity contribution in [2.24, 2.45) is 0 Å². The first-order valence-electron chi connectivity index (χ1n) is 6.86. The van der Waals surface area contributed by atoms with E-state index in [0.717, 1.165) is 6.07 Å². The molecule has 8 heteroatoms. The smallest absolute Gasteiger partial charge is 0.396 e. The van der Waals surface area contributed by atoms with Crippen molar-refractivity contribution in [3.05, 3.63) is 35.1 Å². The van der Waals surface area contributed by atoms with Crippen LogP contribution in [0.2, 0.25) is 0 Å². The molecule has 0 aliphatic carbocycles. The zero-order valence-corrected chi connectivity index (χ0v) is 12.7. The number of hydrogen-bond donors (Lipinski definition) is 2. The number of hydrogen-bond acceptors (Lipinski definition) is 3. The van der Waals surface area contributed by atoms with E-state index in [2.05, 4.69) is 5.32 Å². The first kappa shape index (κ1) is 19.2. The standard InChI is InChI=1S/C14H18F4N2O.ClH/c15-11-3-1-2-10(13(11)14(16,17)18)12(4-9-21)20-7-5-19-6-8-20;/h1-3,12,19,21H,4-9H2;1H/t12-;/m1./s1. The minimum absolute atomic E-state index is 0. The molecule has 0 bridgehead atoms. The Labute approximate surface area is 132 Å². The number of piperazine rings is 1. The summed E-state index contributed by atoms with van der Waals surface area (Å²) in [7, 11) is 0. The molecule has 0 saturated carbocycles. The highest BCUT2D eigenvalue weighted by molar-refractivity contribution is 5.85. The highest BCUT2D eigenvalue weighted by atomic mass is 35.5. The molecule has 0 unspecified atom stereocenters. The monoisotopic (exact) mass is 342 g/mol. The second kappa shape index (κ2) is 8.10. The molecular formula is C14H19ClF4N2O. The van der Waals surface area contributed by atoms with Crippen molar-refractivity contribution in [2.75, 3.05) is 32.8 Å². The van der Waals surface area contributed by atoms with E-state index in [1.54, 1.807) is 0 Å². The number of alkyl halides is 3. The quantitative estimate of drug-likeness (QED) is 0.826. The van der Waals surface area contributed by atoms with Gasteiger partial charge in [0.15, 0.2) is 0 Å². The summed E-state index contributed by atoms with van der Waals surface area (Å²) in [6.45, 7) is 2.22. The van der Waals surface area contributed by atoms with Gasteiger partial charge >= 0.3 is 6.18 Å². The summed E-state index contributed by atoms with van der Waals surface area (Å²) >= 11 is 0. The molecule has 0 amide bonds. The maximum absolute atomic E-state index is 13.7. The van der Waals surface area contributed by atoms with E-state index in [4.69, 9.17) is 0 Å². The van der Waals surface area contributed by atoms with E-state index in [0.29, 0.717) is 26.2 Å². The lowest BCUT2D eigenvalue weighted by Crippen LogP contribution is -2.45. The molecule has 1 saturated heterocycles.